The normalized spacial score (nSPS) is 25.4. The predicted molar refractivity (Wildman–Crippen MR) is 65.2 cm³/mol. The van der Waals surface area contributed by atoms with Gasteiger partial charge in [-0.3, -0.25) is 4.79 Å². The van der Waals surface area contributed by atoms with Gasteiger partial charge < -0.3 is 20.5 Å². The Morgan fingerprint density at radius 2 is 2.18 bits per heavy atom. The van der Waals surface area contributed by atoms with Crippen molar-refractivity contribution in [3.8, 4) is 0 Å². The highest BCUT2D eigenvalue weighted by Crippen LogP contribution is 2.25. The van der Waals surface area contributed by atoms with Crippen LogP contribution in [0, 0.1) is 5.41 Å². The van der Waals surface area contributed by atoms with E-state index in [2.05, 4.69) is 0 Å². The molecule has 100 valence electrons. The summed E-state index contributed by atoms with van der Waals surface area (Å²) in [6.45, 7) is 7.05. The van der Waals surface area contributed by atoms with Crippen LogP contribution in [0.25, 0.3) is 0 Å². The van der Waals surface area contributed by atoms with E-state index in [1.807, 2.05) is 20.8 Å². The molecule has 0 saturated carbocycles. The fraction of sp³-hybridized carbons (Fsp3) is 0.917. The number of ether oxygens (including phenoxy) is 1. The SMILES string of the molecule is CC(C)(C)CC(=O)N1C[C@H](O)C[C@H]1COCN. The zero-order chi connectivity index (χ0) is 13.1. The van der Waals surface area contributed by atoms with Crippen molar-refractivity contribution < 1.29 is 14.6 Å². The Kier molecular flexibility index (Phi) is 4.91. The minimum absolute atomic E-state index is 0.0378. The van der Waals surface area contributed by atoms with Crippen molar-refractivity contribution in [3.63, 3.8) is 0 Å². The molecule has 0 aliphatic carbocycles. The van der Waals surface area contributed by atoms with Crippen LogP contribution in [0.15, 0.2) is 0 Å². The molecule has 0 radical (unpaired) electrons. The molecule has 1 aliphatic rings. The van der Waals surface area contributed by atoms with E-state index < -0.39 is 6.10 Å². The topological polar surface area (TPSA) is 75.8 Å². The number of rotatable bonds is 4. The quantitative estimate of drug-likeness (QED) is 0.698. The summed E-state index contributed by atoms with van der Waals surface area (Å²) in [5.41, 5.74) is 5.24. The fourth-order valence-electron chi connectivity index (χ4n) is 2.11. The summed E-state index contributed by atoms with van der Waals surface area (Å²) in [4.78, 5) is 13.8. The van der Waals surface area contributed by atoms with Crippen LogP contribution < -0.4 is 5.73 Å². The van der Waals surface area contributed by atoms with Gasteiger partial charge in [0.2, 0.25) is 5.91 Å². The maximum Gasteiger partial charge on any atom is 0.223 e. The summed E-state index contributed by atoms with van der Waals surface area (Å²) < 4.78 is 5.15. The van der Waals surface area contributed by atoms with E-state index in [0.717, 1.165) is 0 Å². The first-order chi connectivity index (χ1) is 7.83. The van der Waals surface area contributed by atoms with E-state index in [4.69, 9.17) is 10.5 Å². The number of amides is 1. The largest absolute Gasteiger partial charge is 0.391 e. The predicted octanol–water partition coefficient (Wildman–Crippen LogP) is 0.317. The van der Waals surface area contributed by atoms with Gasteiger partial charge in [-0.15, -0.1) is 0 Å². The Morgan fingerprint density at radius 1 is 1.53 bits per heavy atom. The van der Waals surface area contributed by atoms with Gasteiger partial charge in [0, 0.05) is 13.0 Å². The summed E-state index contributed by atoms with van der Waals surface area (Å²) in [5.74, 6) is 0.0830. The zero-order valence-corrected chi connectivity index (χ0v) is 11.0. The third kappa shape index (κ3) is 4.61. The first-order valence-electron chi connectivity index (χ1n) is 6.09. The third-order valence-electron chi connectivity index (χ3n) is 2.82. The highest BCUT2D eigenvalue weighted by atomic mass is 16.5. The van der Waals surface area contributed by atoms with Gasteiger partial charge in [-0.2, -0.15) is 0 Å². The molecule has 0 aromatic heterocycles. The molecule has 1 heterocycles. The molecule has 1 rings (SSSR count). The van der Waals surface area contributed by atoms with Crippen LogP contribution >= 0.6 is 0 Å². The van der Waals surface area contributed by atoms with Crippen molar-refractivity contribution >= 4 is 5.91 Å². The zero-order valence-electron chi connectivity index (χ0n) is 11.0. The Balaban J connectivity index is 2.57. The second-order valence-corrected chi connectivity index (χ2v) is 5.86. The van der Waals surface area contributed by atoms with Gasteiger partial charge in [-0.25, -0.2) is 0 Å². The Bertz CT molecular complexity index is 263. The molecule has 0 aromatic rings. The van der Waals surface area contributed by atoms with Crippen LogP contribution in [-0.2, 0) is 9.53 Å². The first kappa shape index (κ1) is 14.4. The van der Waals surface area contributed by atoms with E-state index in [1.54, 1.807) is 4.90 Å². The summed E-state index contributed by atoms with van der Waals surface area (Å²) >= 11 is 0. The lowest BCUT2D eigenvalue weighted by Crippen LogP contribution is -2.40. The lowest BCUT2D eigenvalue weighted by molar-refractivity contribution is -0.135. The van der Waals surface area contributed by atoms with Gasteiger partial charge >= 0.3 is 0 Å². The maximum absolute atomic E-state index is 12.1. The van der Waals surface area contributed by atoms with Crippen LogP contribution in [0.5, 0.6) is 0 Å². The number of carbonyl (C=O) groups is 1. The Labute approximate surface area is 103 Å². The smallest absolute Gasteiger partial charge is 0.223 e. The van der Waals surface area contributed by atoms with Gasteiger partial charge in [0.05, 0.1) is 25.5 Å². The van der Waals surface area contributed by atoms with E-state index in [-0.39, 0.29) is 24.1 Å². The second kappa shape index (κ2) is 5.80. The van der Waals surface area contributed by atoms with Gasteiger partial charge in [0.25, 0.3) is 0 Å². The van der Waals surface area contributed by atoms with Crippen LogP contribution in [0.2, 0.25) is 0 Å². The summed E-state index contributed by atoms with van der Waals surface area (Å²) in [7, 11) is 0. The van der Waals surface area contributed by atoms with Gasteiger partial charge in [0.15, 0.2) is 0 Å². The number of β-amino-alcohol motifs (C(OH)–C–C–N with tert-alkyl or cyclic N) is 1. The van der Waals surface area contributed by atoms with E-state index in [1.165, 1.54) is 0 Å². The van der Waals surface area contributed by atoms with Crippen molar-refractivity contribution in [2.24, 2.45) is 11.1 Å². The number of hydrogen-bond acceptors (Lipinski definition) is 4. The lowest BCUT2D eigenvalue weighted by Gasteiger charge is -2.27. The molecule has 1 saturated heterocycles. The molecular formula is C12H24N2O3. The maximum atomic E-state index is 12.1. The van der Waals surface area contributed by atoms with Crippen LogP contribution in [-0.4, -0.2) is 47.9 Å². The van der Waals surface area contributed by atoms with Gasteiger partial charge in [-0.1, -0.05) is 20.8 Å². The molecule has 1 fully saturated rings. The summed E-state index contributed by atoms with van der Waals surface area (Å²) in [6.07, 6.45) is 0.625. The first-order valence-corrected chi connectivity index (χ1v) is 6.09. The van der Waals surface area contributed by atoms with Crippen molar-refractivity contribution in [1.29, 1.82) is 0 Å². The molecule has 17 heavy (non-hydrogen) atoms. The average Bonchev–Trinajstić information content (AvgIpc) is 2.54. The molecule has 1 amide bonds. The third-order valence-corrected chi connectivity index (χ3v) is 2.82. The van der Waals surface area contributed by atoms with Gasteiger partial charge in [-0.05, 0) is 11.8 Å². The molecule has 3 N–H and O–H groups in total. The van der Waals surface area contributed by atoms with Crippen LogP contribution in [0.3, 0.4) is 0 Å². The van der Waals surface area contributed by atoms with Crippen molar-refractivity contribution in [1.82, 2.24) is 4.90 Å². The highest BCUT2D eigenvalue weighted by molar-refractivity contribution is 5.77. The van der Waals surface area contributed by atoms with Crippen LogP contribution in [0.1, 0.15) is 33.6 Å². The molecule has 2 atom stereocenters. The van der Waals surface area contributed by atoms with Crippen LogP contribution in [0.4, 0.5) is 0 Å². The van der Waals surface area contributed by atoms with E-state index >= 15 is 0 Å². The molecular weight excluding hydrogens is 220 g/mol. The summed E-state index contributed by atoms with van der Waals surface area (Å²) in [5, 5.41) is 9.64. The molecule has 0 unspecified atom stereocenters. The van der Waals surface area contributed by atoms with Crippen molar-refractivity contribution in [3.05, 3.63) is 0 Å². The number of aliphatic hydroxyl groups is 1. The monoisotopic (exact) mass is 244 g/mol. The minimum Gasteiger partial charge on any atom is -0.391 e. The van der Waals surface area contributed by atoms with Gasteiger partial charge in [0.1, 0.15) is 0 Å². The second-order valence-electron chi connectivity index (χ2n) is 5.86. The van der Waals surface area contributed by atoms with Crippen molar-refractivity contribution in [2.45, 2.75) is 45.8 Å². The Hall–Kier alpha value is -0.650. The lowest BCUT2D eigenvalue weighted by atomic mass is 9.91. The highest BCUT2D eigenvalue weighted by Gasteiger charge is 2.35. The molecule has 1 aliphatic heterocycles. The molecule has 0 bridgehead atoms. The molecule has 0 aromatic carbocycles. The molecule has 0 spiro atoms. The number of hydrogen-bond donors (Lipinski definition) is 2. The standard InChI is InChI=1S/C12H24N2O3/c1-12(2,3)5-11(16)14-6-10(15)4-9(14)7-17-8-13/h9-10,15H,4-8,13H2,1-3H3/t9-,10+/m0/s1. The van der Waals surface area contributed by atoms with Crippen molar-refractivity contribution in [2.75, 3.05) is 19.9 Å². The number of likely N-dealkylation sites (tertiary alicyclic amines) is 1. The minimum atomic E-state index is -0.440. The Morgan fingerprint density at radius 3 is 2.71 bits per heavy atom. The van der Waals surface area contributed by atoms with E-state index in [0.29, 0.717) is 26.0 Å². The summed E-state index contributed by atoms with van der Waals surface area (Å²) in [6, 6.07) is -0.0385. The van der Waals surface area contributed by atoms with E-state index in [9.17, 15) is 9.90 Å². The molecule has 5 heteroatoms. The fourth-order valence-corrected chi connectivity index (χ4v) is 2.11. The average molecular weight is 244 g/mol. The number of carbonyl (C=O) groups excluding carboxylic acids is 1. The number of aliphatic hydroxyl groups excluding tert-OH is 1. The number of nitrogens with two attached hydrogens (primary N) is 1. The number of nitrogens with zero attached hydrogens (tertiary/aromatic N) is 1. The molecule has 5 nitrogen and oxygen atoms in total.